The van der Waals surface area contributed by atoms with Gasteiger partial charge in [-0.25, -0.2) is 0 Å². The second-order valence-corrected chi connectivity index (χ2v) is 5.48. The summed E-state index contributed by atoms with van der Waals surface area (Å²) in [5.41, 5.74) is 0.415. The Labute approximate surface area is 132 Å². The van der Waals surface area contributed by atoms with Crippen molar-refractivity contribution in [2.75, 3.05) is 0 Å². The molecule has 0 bridgehead atoms. The number of para-hydroxylation sites is 1. The van der Waals surface area contributed by atoms with Crippen LogP contribution in [0.5, 0.6) is 0 Å². The molecule has 0 saturated heterocycles. The number of carbonyl (C=O) groups is 2. The van der Waals surface area contributed by atoms with Crippen LogP contribution in [-0.4, -0.2) is 11.9 Å². The number of benzene rings is 1. The van der Waals surface area contributed by atoms with Gasteiger partial charge in [-0.2, -0.15) is 0 Å². The second-order valence-electron chi connectivity index (χ2n) is 5.48. The van der Waals surface area contributed by atoms with Gasteiger partial charge in [-0.1, -0.05) is 12.1 Å². The fourth-order valence-corrected chi connectivity index (χ4v) is 2.93. The number of ether oxygens (including phenoxy) is 2. The Morgan fingerprint density at radius 2 is 1.65 bits per heavy atom. The van der Waals surface area contributed by atoms with Crippen LogP contribution in [0.2, 0.25) is 0 Å². The summed E-state index contributed by atoms with van der Waals surface area (Å²) in [5, 5.41) is 0.409. The molecule has 23 heavy (non-hydrogen) atoms. The van der Waals surface area contributed by atoms with Gasteiger partial charge in [0.1, 0.15) is 11.7 Å². The van der Waals surface area contributed by atoms with E-state index in [2.05, 4.69) is 0 Å². The van der Waals surface area contributed by atoms with Crippen LogP contribution in [0.25, 0.3) is 11.0 Å². The molecule has 0 amide bonds. The highest BCUT2D eigenvalue weighted by molar-refractivity contribution is 5.77. The fourth-order valence-electron chi connectivity index (χ4n) is 2.93. The summed E-state index contributed by atoms with van der Waals surface area (Å²) < 4.78 is 16.3. The van der Waals surface area contributed by atoms with E-state index in [-0.39, 0.29) is 16.8 Å². The molecule has 1 heterocycles. The van der Waals surface area contributed by atoms with Crippen molar-refractivity contribution in [2.24, 2.45) is 0 Å². The smallest absolute Gasteiger partial charge is 0.303 e. The summed E-state index contributed by atoms with van der Waals surface area (Å²) in [4.78, 5) is 35.4. The number of fused-ring (bicyclic) bond motifs is 2. The van der Waals surface area contributed by atoms with Crippen molar-refractivity contribution in [3.63, 3.8) is 0 Å². The standard InChI is InChI=1S/C17H16O6/c1-9(18)21-13-7-8-14(22-10(2)19)17-15(13)16(20)11-5-3-4-6-12(11)23-17/h3-6,13-14H,7-8H2,1-2H3/t13-,14-/m1/s1. The first-order valence-electron chi connectivity index (χ1n) is 7.37. The van der Waals surface area contributed by atoms with E-state index in [1.165, 1.54) is 13.8 Å². The zero-order chi connectivity index (χ0) is 16.6. The van der Waals surface area contributed by atoms with Crippen LogP contribution in [0.4, 0.5) is 0 Å². The minimum absolute atomic E-state index is 0.259. The van der Waals surface area contributed by atoms with Gasteiger partial charge in [-0.05, 0) is 25.0 Å². The molecule has 0 N–H and O–H groups in total. The van der Waals surface area contributed by atoms with E-state index in [9.17, 15) is 14.4 Å². The van der Waals surface area contributed by atoms with Gasteiger partial charge in [0.05, 0.1) is 10.9 Å². The van der Waals surface area contributed by atoms with Crippen LogP contribution in [0.3, 0.4) is 0 Å². The van der Waals surface area contributed by atoms with Gasteiger partial charge in [-0.3, -0.25) is 14.4 Å². The Bertz CT molecular complexity index is 835. The van der Waals surface area contributed by atoms with Crippen LogP contribution in [0.1, 0.15) is 50.2 Å². The third-order valence-electron chi connectivity index (χ3n) is 3.78. The van der Waals surface area contributed by atoms with Gasteiger partial charge in [0.15, 0.2) is 17.3 Å². The van der Waals surface area contributed by atoms with Crippen LogP contribution < -0.4 is 5.43 Å². The van der Waals surface area contributed by atoms with E-state index in [0.29, 0.717) is 23.8 Å². The molecule has 6 heteroatoms. The Balaban J connectivity index is 2.21. The van der Waals surface area contributed by atoms with Gasteiger partial charge in [0.25, 0.3) is 0 Å². The lowest BCUT2D eigenvalue weighted by atomic mass is 9.90. The SMILES string of the molecule is CC(=O)O[C@@H]1CC[C@@H](OC(C)=O)c2c1oc1ccccc1c2=O. The van der Waals surface area contributed by atoms with E-state index in [0.717, 1.165) is 0 Å². The molecule has 0 aliphatic heterocycles. The summed E-state index contributed by atoms with van der Waals surface area (Å²) >= 11 is 0. The van der Waals surface area contributed by atoms with E-state index in [4.69, 9.17) is 13.9 Å². The summed E-state index contributed by atoms with van der Waals surface area (Å²) in [6, 6.07) is 6.82. The first kappa shape index (κ1) is 15.3. The lowest BCUT2D eigenvalue weighted by Gasteiger charge is -2.28. The number of carbonyl (C=O) groups excluding carboxylic acids is 2. The molecule has 0 fully saturated rings. The van der Waals surface area contributed by atoms with Crippen molar-refractivity contribution in [1.29, 1.82) is 0 Å². The molecule has 120 valence electrons. The van der Waals surface area contributed by atoms with Gasteiger partial charge in [0.2, 0.25) is 0 Å². The molecular weight excluding hydrogens is 300 g/mol. The minimum atomic E-state index is -0.685. The van der Waals surface area contributed by atoms with Crippen molar-refractivity contribution in [3.8, 4) is 0 Å². The highest BCUT2D eigenvalue weighted by atomic mass is 16.6. The Hall–Kier alpha value is -2.63. The molecule has 1 aliphatic rings. The number of rotatable bonds is 2. The van der Waals surface area contributed by atoms with Gasteiger partial charge in [-0.15, -0.1) is 0 Å². The average Bonchev–Trinajstić information content (AvgIpc) is 2.49. The monoisotopic (exact) mass is 316 g/mol. The fraction of sp³-hybridized carbons (Fsp3) is 0.353. The number of esters is 2. The maximum atomic E-state index is 12.8. The van der Waals surface area contributed by atoms with Crippen LogP contribution in [0.15, 0.2) is 33.5 Å². The summed E-state index contributed by atoms with van der Waals surface area (Å²) in [6.07, 6.45) is -0.513. The molecule has 1 aliphatic carbocycles. The maximum absolute atomic E-state index is 12.8. The van der Waals surface area contributed by atoms with E-state index in [1.807, 2.05) is 0 Å². The molecule has 2 atom stereocenters. The normalized spacial score (nSPS) is 19.9. The van der Waals surface area contributed by atoms with Crippen molar-refractivity contribution in [3.05, 3.63) is 45.8 Å². The Kier molecular flexibility index (Phi) is 3.90. The van der Waals surface area contributed by atoms with E-state index < -0.39 is 24.1 Å². The number of hydrogen-bond donors (Lipinski definition) is 0. The van der Waals surface area contributed by atoms with Gasteiger partial charge >= 0.3 is 11.9 Å². The van der Waals surface area contributed by atoms with Crippen LogP contribution in [-0.2, 0) is 19.1 Å². The maximum Gasteiger partial charge on any atom is 0.303 e. The van der Waals surface area contributed by atoms with Crippen molar-refractivity contribution >= 4 is 22.9 Å². The average molecular weight is 316 g/mol. The molecule has 1 aromatic heterocycles. The quantitative estimate of drug-likeness (QED) is 0.792. The Morgan fingerprint density at radius 3 is 2.35 bits per heavy atom. The minimum Gasteiger partial charge on any atom is -0.457 e. The molecule has 6 nitrogen and oxygen atoms in total. The van der Waals surface area contributed by atoms with Gasteiger partial charge in [0, 0.05) is 13.8 Å². The summed E-state index contributed by atoms with van der Waals surface area (Å²) in [7, 11) is 0. The highest BCUT2D eigenvalue weighted by Gasteiger charge is 2.36. The van der Waals surface area contributed by atoms with Crippen LogP contribution >= 0.6 is 0 Å². The zero-order valence-electron chi connectivity index (χ0n) is 12.8. The van der Waals surface area contributed by atoms with Crippen molar-refractivity contribution < 1.29 is 23.5 Å². The lowest BCUT2D eigenvalue weighted by Crippen LogP contribution is -2.27. The lowest BCUT2D eigenvalue weighted by molar-refractivity contribution is -0.154. The van der Waals surface area contributed by atoms with Crippen molar-refractivity contribution in [1.82, 2.24) is 0 Å². The second kappa shape index (κ2) is 5.87. The first-order chi connectivity index (χ1) is 11.0. The highest BCUT2D eigenvalue weighted by Crippen LogP contribution is 2.39. The van der Waals surface area contributed by atoms with Crippen molar-refractivity contribution in [2.45, 2.75) is 38.9 Å². The predicted molar refractivity (Wildman–Crippen MR) is 80.7 cm³/mol. The van der Waals surface area contributed by atoms with Gasteiger partial charge < -0.3 is 13.9 Å². The first-order valence-corrected chi connectivity index (χ1v) is 7.37. The molecule has 2 aromatic rings. The van der Waals surface area contributed by atoms with Crippen LogP contribution in [0, 0.1) is 0 Å². The number of hydrogen-bond acceptors (Lipinski definition) is 6. The topological polar surface area (TPSA) is 82.8 Å². The largest absolute Gasteiger partial charge is 0.457 e. The molecule has 0 unspecified atom stereocenters. The Morgan fingerprint density at radius 1 is 1.04 bits per heavy atom. The molecule has 0 radical (unpaired) electrons. The predicted octanol–water partition coefficient (Wildman–Crippen LogP) is 2.80. The molecule has 3 rings (SSSR count). The summed E-state index contributed by atoms with van der Waals surface area (Å²) in [6.45, 7) is 2.59. The molecule has 1 aromatic carbocycles. The molecule has 0 saturated carbocycles. The van der Waals surface area contributed by atoms with E-state index >= 15 is 0 Å². The summed E-state index contributed by atoms with van der Waals surface area (Å²) in [5.74, 6) is -0.663. The zero-order valence-corrected chi connectivity index (χ0v) is 12.8. The molecular formula is C17H16O6. The third kappa shape index (κ3) is 2.84. The third-order valence-corrected chi connectivity index (χ3v) is 3.78. The molecule has 0 spiro atoms. The van der Waals surface area contributed by atoms with E-state index in [1.54, 1.807) is 24.3 Å².